The van der Waals surface area contributed by atoms with Crippen molar-refractivity contribution in [2.24, 2.45) is 0 Å². The van der Waals surface area contributed by atoms with E-state index in [1.165, 1.54) is 6.92 Å². The van der Waals surface area contributed by atoms with Gasteiger partial charge >= 0.3 is 11.9 Å². The Morgan fingerprint density at radius 2 is 2.00 bits per heavy atom. The van der Waals surface area contributed by atoms with Gasteiger partial charge in [0, 0.05) is 0 Å². The highest BCUT2D eigenvalue weighted by Crippen LogP contribution is 1.78. The van der Waals surface area contributed by atoms with Crippen molar-refractivity contribution in [1.82, 2.24) is 5.32 Å². The number of rotatable bonds is 4. The Bertz CT molecular complexity index is 145. The fourth-order valence-corrected chi connectivity index (χ4v) is 0.328. The van der Waals surface area contributed by atoms with Crippen molar-refractivity contribution in [3.05, 3.63) is 0 Å². The molecule has 0 bridgehead atoms. The minimum absolute atomic E-state index is 0.326. The zero-order valence-corrected chi connectivity index (χ0v) is 5.50. The first kappa shape index (κ1) is 8.90. The van der Waals surface area contributed by atoms with Gasteiger partial charge in [0.2, 0.25) is 0 Å². The van der Waals surface area contributed by atoms with Crippen LogP contribution in [-0.2, 0) is 9.59 Å². The summed E-state index contributed by atoms with van der Waals surface area (Å²) in [7, 11) is 0. The van der Waals surface area contributed by atoms with Crippen molar-refractivity contribution in [2.75, 3.05) is 6.54 Å². The smallest absolute Gasteiger partial charge is 0.320 e. The Kier molecular flexibility index (Phi) is 3.42. The maximum Gasteiger partial charge on any atom is 0.320 e. The maximum atomic E-state index is 10.1. The van der Waals surface area contributed by atoms with Crippen LogP contribution in [0.4, 0.5) is 0 Å². The van der Waals surface area contributed by atoms with Gasteiger partial charge in [-0.15, -0.1) is 0 Å². The largest absolute Gasteiger partial charge is 0.480 e. The van der Waals surface area contributed by atoms with Crippen molar-refractivity contribution >= 4 is 11.9 Å². The summed E-state index contributed by atoms with van der Waals surface area (Å²) in [6, 6.07) is -0.809. The number of hydrogen-bond donors (Lipinski definition) is 3. The predicted molar refractivity (Wildman–Crippen MR) is 32.7 cm³/mol. The molecule has 0 aromatic carbocycles. The second-order valence-corrected chi connectivity index (χ2v) is 1.83. The SMILES string of the molecule is CC(NCC(=O)O)C(=O)O. The summed E-state index contributed by atoms with van der Waals surface area (Å²) in [5.74, 6) is -2.12. The highest BCUT2D eigenvalue weighted by molar-refractivity contribution is 5.75. The van der Waals surface area contributed by atoms with Crippen molar-refractivity contribution in [2.45, 2.75) is 13.0 Å². The second kappa shape index (κ2) is 3.84. The molecule has 3 N–H and O–H groups in total. The van der Waals surface area contributed by atoms with Gasteiger partial charge in [-0.05, 0) is 6.92 Å². The van der Waals surface area contributed by atoms with Crippen LogP contribution in [0, 0.1) is 0 Å². The number of aliphatic carboxylic acids is 2. The van der Waals surface area contributed by atoms with E-state index in [2.05, 4.69) is 5.32 Å². The minimum atomic E-state index is -1.06. The summed E-state index contributed by atoms with van der Waals surface area (Å²) >= 11 is 0. The summed E-state index contributed by atoms with van der Waals surface area (Å²) in [5, 5.41) is 18.6. The van der Waals surface area contributed by atoms with Crippen LogP contribution in [0.2, 0.25) is 0 Å². The van der Waals surface area contributed by atoms with Gasteiger partial charge in [0.1, 0.15) is 6.04 Å². The Morgan fingerprint density at radius 3 is 2.30 bits per heavy atom. The van der Waals surface area contributed by atoms with Crippen LogP contribution in [0.15, 0.2) is 0 Å². The topological polar surface area (TPSA) is 86.6 Å². The molecule has 0 amide bonds. The van der Waals surface area contributed by atoms with E-state index in [0.717, 1.165) is 0 Å². The third-order valence-corrected chi connectivity index (χ3v) is 0.930. The molecule has 0 fully saturated rings. The lowest BCUT2D eigenvalue weighted by Gasteiger charge is -2.04. The summed E-state index contributed by atoms with van der Waals surface area (Å²) < 4.78 is 0. The van der Waals surface area contributed by atoms with Crippen LogP contribution in [0.25, 0.3) is 0 Å². The first-order valence-corrected chi connectivity index (χ1v) is 2.72. The minimum Gasteiger partial charge on any atom is -0.480 e. The molecule has 0 aromatic rings. The van der Waals surface area contributed by atoms with E-state index in [4.69, 9.17) is 10.2 Å². The lowest BCUT2D eigenvalue weighted by atomic mass is 10.3. The molecule has 0 saturated carbocycles. The Morgan fingerprint density at radius 1 is 1.50 bits per heavy atom. The second-order valence-electron chi connectivity index (χ2n) is 1.83. The van der Waals surface area contributed by atoms with Gasteiger partial charge in [-0.25, -0.2) is 0 Å². The lowest BCUT2D eigenvalue weighted by molar-refractivity contribution is -0.139. The molecule has 0 saturated heterocycles. The fourth-order valence-electron chi connectivity index (χ4n) is 0.328. The highest BCUT2D eigenvalue weighted by Gasteiger charge is 2.10. The Balaban J connectivity index is 3.49. The molecule has 10 heavy (non-hydrogen) atoms. The van der Waals surface area contributed by atoms with Crippen molar-refractivity contribution in [3.8, 4) is 0 Å². The van der Waals surface area contributed by atoms with Gasteiger partial charge < -0.3 is 10.2 Å². The molecule has 5 heteroatoms. The number of hydrogen-bond acceptors (Lipinski definition) is 3. The molecule has 1 unspecified atom stereocenters. The number of nitrogens with one attached hydrogen (secondary N) is 1. The quantitative estimate of drug-likeness (QED) is 0.481. The molecular weight excluding hydrogens is 138 g/mol. The molecule has 0 heterocycles. The maximum absolute atomic E-state index is 10.1. The third kappa shape index (κ3) is 3.85. The third-order valence-electron chi connectivity index (χ3n) is 0.930. The Hall–Kier alpha value is -1.10. The molecule has 0 aromatic heterocycles. The molecule has 0 spiro atoms. The zero-order chi connectivity index (χ0) is 8.15. The van der Waals surface area contributed by atoms with Crippen LogP contribution < -0.4 is 5.32 Å². The molecule has 0 rings (SSSR count). The molecular formula is C5H9NO4. The first-order chi connectivity index (χ1) is 4.54. The first-order valence-electron chi connectivity index (χ1n) is 2.72. The fraction of sp³-hybridized carbons (Fsp3) is 0.600. The number of carboxylic acid groups (broad SMARTS) is 2. The van der Waals surface area contributed by atoms with Crippen LogP contribution in [0.3, 0.4) is 0 Å². The van der Waals surface area contributed by atoms with Crippen LogP contribution in [0.1, 0.15) is 6.92 Å². The van der Waals surface area contributed by atoms with Crippen molar-refractivity contribution in [1.29, 1.82) is 0 Å². The number of carboxylic acids is 2. The van der Waals surface area contributed by atoms with Crippen molar-refractivity contribution in [3.63, 3.8) is 0 Å². The van der Waals surface area contributed by atoms with Crippen molar-refractivity contribution < 1.29 is 19.8 Å². The van der Waals surface area contributed by atoms with Gasteiger partial charge in [0.05, 0.1) is 6.54 Å². The summed E-state index contributed by atoms with van der Waals surface area (Å²) in [4.78, 5) is 19.9. The summed E-state index contributed by atoms with van der Waals surface area (Å²) in [6.07, 6.45) is 0. The van der Waals surface area contributed by atoms with Gasteiger partial charge in [-0.2, -0.15) is 0 Å². The number of carbonyl (C=O) groups is 2. The van der Waals surface area contributed by atoms with E-state index in [1.54, 1.807) is 0 Å². The van der Waals surface area contributed by atoms with E-state index in [1.807, 2.05) is 0 Å². The average Bonchev–Trinajstić information content (AvgIpc) is 1.82. The highest BCUT2D eigenvalue weighted by atomic mass is 16.4. The van der Waals surface area contributed by atoms with Gasteiger partial charge in [-0.1, -0.05) is 0 Å². The van der Waals surface area contributed by atoms with Crippen LogP contribution >= 0.6 is 0 Å². The molecule has 58 valence electrons. The molecule has 0 aliphatic heterocycles. The molecule has 5 nitrogen and oxygen atoms in total. The zero-order valence-electron chi connectivity index (χ0n) is 5.50. The average molecular weight is 147 g/mol. The van der Waals surface area contributed by atoms with Gasteiger partial charge in [0.15, 0.2) is 0 Å². The van der Waals surface area contributed by atoms with E-state index in [9.17, 15) is 9.59 Å². The molecule has 0 radical (unpaired) electrons. The van der Waals surface area contributed by atoms with Gasteiger partial charge in [-0.3, -0.25) is 14.9 Å². The molecule has 0 aliphatic carbocycles. The summed E-state index contributed by atoms with van der Waals surface area (Å²) in [6.45, 7) is 1.05. The lowest BCUT2D eigenvalue weighted by Crippen LogP contribution is -2.37. The molecule has 1 atom stereocenters. The van der Waals surface area contributed by atoms with E-state index < -0.39 is 18.0 Å². The predicted octanol–water partition coefficient (Wildman–Crippen LogP) is -0.866. The van der Waals surface area contributed by atoms with E-state index in [0.29, 0.717) is 0 Å². The van der Waals surface area contributed by atoms with E-state index >= 15 is 0 Å². The summed E-state index contributed by atoms with van der Waals surface area (Å²) in [5.41, 5.74) is 0. The van der Waals surface area contributed by atoms with Gasteiger partial charge in [0.25, 0.3) is 0 Å². The Labute approximate surface area is 57.7 Å². The monoisotopic (exact) mass is 147 g/mol. The van der Waals surface area contributed by atoms with E-state index in [-0.39, 0.29) is 6.54 Å². The standard InChI is InChI=1S/C5H9NO4/c1-3(5(9)10)6-2-4(7)8/h3,6H,2H2,1H3,(H,7,8)(H,9,10). The van der Waals surface area contributed by atoms with Crippen LogP contribution in [0.5, 0.6) is 0 Å². The molecule has 0 aliphatic rings. The van der Waals surface area contributed by atoms with Crippen LogP contribution in [-0.4, -0.2) is 34.7 Å². The normalized spacial score (nSPS) is 12.5.